The van der Waals surface area contributed by atoms with Crippen molar-refractivity contribution in [3.8, 4) is 0 Å². The minimum atomic E-state index is -3.76. The number of carbonyl (C=O) groups excluding carboxylic acids is 1. The SMILES string of the molecule is CCN1[C@H](C)C[N+](c2ccccc2)(S(=O)(=O)NCc2ccc(C(=O)OC)cc2)C[C@@H]1C. The maximum Gasteiger partial charge on any atom is 0.375 e. The van der Waals surface area contributed by atoms with E-state index in [1.165, 1.54) is 7.11 Å². The average Bonchev–Trinajstić information content (AvgIpc) is 2.77. The fraction of sp³-hybridized carbons (Fsp3) is 0.435. The molecule has 0 amide bonds. The van der Waals surface area contributed by atoms with Crippen LogP contribution in [0, 0.1) is 0 Å². The minimum Gasteiger partial charge on any atom is -0.465 e. The van der Waals surface area contributed by atoms with Crippen LogP contribution in [-0.2, 0) is 21.5 Å². The molecule has 1 N–H and O–H groups in total. The van der Waals surface area contributed by atoms with Crippen LogP contribution in [0.25, 0.3) is 0 Å². The van der Waals surface area contributed by atoms with Crippen molar-refractivity contribution < 1.29 is 17.9 Å². The summed E-state index contributed by atoms with van der Waals surface area (Å²) in [4.78, 5) is 14.0. The Kier molecular flexibility index (Phi) is 7.16. The third kappa shape index (κ3) is 4.67. The van der Waals surface area contributed by atoms with Crippen LogP contribution in [0.3, 0.4) is 0 Å². The van der Waals surface area contributed by atoms with Gasteiger partial charge in [0.2, 0.25) is 0 Å². The van der Waals surface area contributed by atoms with Gasteiger partial charge in [-0.05, 0) is 38.1 Å². The number of benzene rings is 2. The van der Waals surface area contributed by atoms with E-state index in [-0.39, 0.29) is 22.5 Å². The normalized spacial score (nSPS) is 24.6. The molecule has 31 heavy (non-hydrogen) atoms. The highest BCUT2D eigenvalue weighted by atomic mass is 32.2. The summed E-state index contributed by atoms with van der Waals surface area (Å²) >= 11 is 0. The molecule has 168 valence electrons. The van der Waals surface area contributed by atoms with Gasteiger partial charge in [0, 0.05) is 18.7 Å². The van der Waals surface area contributed by atoms with Crippen LogP contribution in [-0.4, -0.2) is 58.1 Å². The van der Waals surface area contributed by atoms with Gasteiger partial charge in [0.15, 0.2) is 0 Å². The molecule has 1 unspecified atom stereocenters. The van der Waals surface area contributed by atoms with E-state index >= 15 is 0 Å². The van der Waals surface area contributed by atoms with Crippen molar-refractivity contribution in [1.82, 2.24) is 13.5 Å². The molecule has 8 heteroatoms. The zero-order valence-corrected chi connectivity index (χ0v) is 19.4. The predicted molar refractivity (Wildman–Crippen MR) is 123 cm³/mol. The number of piperazine rings is 1. The van der Waals surface area contributed by atoms with E-state index in [1.807, 2.05) is 30.3 Å². The summed E-state index contributed by atoms with van der Waals surface area (Å²) in [5.74, 6) is -0.419. The molecule has 3 rings (SSSR count). The predicted octanol–water partition coefficient (Wildman–Crippen LogP) is 2.93. The topological polar surface area (TPSA) is 75.7 Å². The number of quaternary nitrogens is 1. The molecule has 1 fully saturated rings. The van der Waals surface area contributed by atoms with E-state index in [0.29, 0.717) is 18.7 Å². The van der Waals surface area contributed by atoms with Gasteiger partial charge in [-0.3, -0.25) is 4.90 Å². The highest BCUT2D eigenvalue weighted by Gasteiger charge is 2.51. The molecule has 7 nitrogen and oxygen atoms in total. The van der Waals surface area contributed by atoms with Crippen molar-refractivity contribution in [2.24, 2.45) is 0 Å². The standard InChI is InChI=1S/C23H32N3O4S/c1-5-25-18(2)16-26(17-19(25)3,22-9-7-6-8-10-22)31(28,29)24-15-20-11-13-21(14-12-20)23(27)30-4/h6-14,18-19,24H,5,15-17H2,1-4H3/q+1/t18-,19+,26?. The molecule has 1 aliphatic rings. The van der Waals surface area contributed by atoms with Gasteiger partial charge in [0.25, 0.3) is 0 Å². The number of carbonyl (C=O) groups is 1. The highest BCUT2D eigenvalue weighted by Crippen LogP contribution is 2.33. The molecule has 0 bridgehead atoms. The summed E-state index contributed by atoms with van der Waals surface area (Å²) in [6, 6.07) is 16.5. The van der Waals surface area contributed by atoms with E-state index < -0.39 is 16.2 Å². The number of hydrogen-bond acceptors (Lipinski definition) is 5. The summed E-state index contributed by atoms with van der Waals surface area (Å²) in [5, 5.41) is 0. The number of para-hydroxylation sites is 1. The Morgan fingerprint density at radius 1 is 1.06 bits per heavy atom. The molecule has 2 aromatic rings. The third-order valence-corrected chi connectivity index (χ3v) is 8.07. The molecule has 0 radical (unpaired) electrons. The molecule has 2 aromatic carbocycles. The van der Waals surface area contributed by atoms with Crippen LogP contribution in [0.15, 0.2) is 54.6 Å². The van der Waals surface area contributed by atoms with Crippen molar-refractivity contribution in [3.63, 3.8) is 0 Å². The lowest BCUT2D eigenvalue weighted by atomic mass is 10.1. The second-order valence-electron chi connectivity index (χ2n) is 8.10. The molecular weight excluding hydrogens is 414 g/mol. The Labute approximate surface area is 185 Å². The maximum absolute atomic E-state index is 13.8. The molecule has 0 aromatic heterocycles. The number of methoxy groups -OCH3 is 1. The number of nitrogens with one attached hydrogen (secondary N) is 1. The van der Waals surface area contributed by atoms with E-state index in [1.54, 1.807) is 24.3 Å². The summed E-state index contributed by atoms with van der Waals surface area (Å²) in [7, 11) is -2.43. The highest BCUT2D eigenvalue weighted by molar-refractivity contribution is 7.89. The molecule has 1 heterocycles. The second-order valence-corrected chi connectivity index (χ2v) is 10.0. The Balaban J connectivity index is 1.89. The van der Waals surface area contributed by atoms with Gasteiger partial charge in [0.05, 0.1) is 24.8 Å². The lowest BCUT2D eigenvalue weighted by Gasteiger charge is -2.48. The number of hydrogen-bond donors (Lipinski definition) is 1. The minimum absolute atomic E-state index is 0.116. The summed E-state index contributed by atoms with van der Waals surface area (Å²) < 4.78 is 34.9. The van der Waals surface area contributed by atoms with Crippen molar-refractivity contribution in [2.45, 2.75) is 39.4 Å². The van der Waals surface area contributed by atoms with Gasteiger partial charge in [-0.2, -0.15) is 17.0 Å². The zero-order chi connectivity index (χ0) is 22.6. The van der Waals surface area contributed by atoms with Crippen LogP contribution in [0.4, 0.5) is 5.69 Å². The maximum atomic E-state index is 13.8. The zero-order valence-electron chi connectivity index (χ0n) is 18.6. The van der Waals surface area contributed by atoms with Crippen LogP contribution < -0.4 is 8.61 Å². The van der Waals surface area contributed by atoms with Crippen molar-refractivity contribution >= 4 is 21.9 Å². The molecule has 1 saturated heterocycles. The number of ether oxygens (including phenoxy) is 1. The Bertz CT molecular complexity index is 981. The quantitative estimate of drug-likeness (QED) is 0.523. The molecule has 0 aliphatic carbocycles. The van der Waals surface area contributed by atoms with Gasteiger partial charge in [-0.1, -0.05) is 37.3 Å². The molecule has 0 saturated carbocycles. The summed E-state index contributed by atoms with van der Waals surface area (Å²) in [6.07, 6.45) is 0. The number of esters is 1. The van der Waals surface area contributed by atoms with E-state index in [2.05, 4.69) is 30.4 Å². The molecule has 0 spiro atoms. The van der Waals surface area contributed by atoms with Crippen LogP contribution in [0.2, 0.25) is 0 Å². The summed E-state index contributed by atoms with van der Waals surface area (Å²) in [5.41, 5.74) is 1.97. The van der Waals surface area contributed by atoms with Gasteiger partial charge in [-0.25, -0.2) is 4.79 Å². The first-order chi connectivity index (χ1) is 14.7. The van der Waals surface area contributed by atoms with Crippen LogP contribution in [0.5, 0.6) is 0 Å². The Morgan fingerprint density at radius 3 is 2.16 bits per heavy atom. The summed E-state index contributed by atoms with van der Waals surface area (Å²) in [6.45, 7) is 8.28. The average molecular weight is 447 g/mol. The molecule has 1 aliphatic heterocycles. The first-order valence-electron chi connectivity index (χ1n) is 10.6. The third-order valence-electron chi connectivity index (χ3n) is 6.14. The second kappa shape index (κ2) is 9.48. The smallest absolute Gasteiger partial charge is 0.375 e. The fourth-order valence-electron chi connectivity index (χ4n) is 4.62. The van der Waals surface area contributed by atoms with Gasteiger partial charge >= 0.3 is 16.2 Å². The monoisotopic (exact) mass is 446 g/mol. The number of rotatable bonds is 7. The van der Waals surface area contributed by atoms with E-state index in [9.17, 15) is 13.2 Å². The van der Waals surface area contributed by atoms with Crippen molar-refractivity contribution in [1.29, 1.82) is 0 Å². The van der Waals surface area contributed by atoms with Crippen molar-refractivity contribution in [2.75, 3.05) is 26.7 Å². The van der Waals surface area contributed by atoms with E-state index in [0.717, 1.165) is 17.8 Å². The fourth-order valence-corrected chi connectivity index (χ4v) is 6.44. The van der Waals surface area contributed by atoms with Gasteiger partial charge in [0.1, 0.15) is 18.8 Å². The lowest BCUT2D eigenvalue weighted by Crippen LogP contribution is -2.71. The molecule has 3 atom stereocenters. The van der Waals surface area contributed by atoms with Crippen LogP contribution in [0.1, 0.15) is 36.7 Å². The van der Waals surface area contributed by atoms with Gasteiger partial charge < -0.3 is 4.74 Å². The van der Waals surface area contributed by atoms with Crippen molar-refractivity contribution in [3.05, 3.63) is 65.7 Å². The van der Waals surface area contributed by atoms with Crippen LogP contribution >= 0.6 is 0 Å². The lowest BCUT2D eigenvalue weighted by molar-refractivity contribution is 0.0600. The van der Waals surface area contributed by atoms with E-state index in [4.69, 9.17) is 4.74 Å². The largest absolute Gasteiger partial charge is 0.465 e. The molecular formula is C23H32N3O4S+. The first-order valence-corrected chi connectivity index (χ1v) is 12.0. The first kappa shape index (κ1) is 23.4. The Hall–Kier alpha value is -2.26. The number of likely N-dealkylation sites (N-methyl/N-ethyl adjacent to an activating group) is 1. The Morgan fingerprint density at radius 2 is 1.65 bits per heavy atom. The number of nitrogens with zero attached hydrogens (tertiary/aromatic N) is 2. The van der Waals surface area contributed by atoms with Gasteiger partial charge in [-0.15, -0.1) is 0 Å².